The Balaban J connectivity index is 1.68. The van der Waals surface area contributed by atoms with E-state index in [0.29, 0.717) is 18.1 Å². The maximum absolute atomic E-state index is 5.83. The second kappa shape index (κ2) is 6.00. The van der Waals surface area contributed by atoms with Crippen LogP contribution in [0.5, 0.6) is 0 Å². The van der Waals surface area contributed by atoms with E-state index in [-0.39, 0.29) is 0 Å². The van der Waals surface area contributed by atoms with Gasteiger partial charge in [-0.25, -0.2) is 14.6 Å². The second-order valence-electron chi connectivity index (χ2n) is 5.50. The highest BCUT2D eigenvalue weighted by Crippen LogP contribution is 2.24. The van der Waals surface area contributed by atoms with E-state index in [1.807, 2.05) is 47.1 Å². The van der Waals surface area contributed by atoms with Crippen LogP contribution in [0.1, 0.15) is 5.56 Å². The van der Waals surface area contributed by atoms with E-state index >= 15 is 0 Å². The summed E-state index contributed by atoms with van der Waals surface area (Å²) in [6.45, 7) is 0.666. The lowest BCUT2D eigenvalue weighted by Gasteiger charge is -2.07. The van der Waals surface area contributed by atoms with Crippen LogP contribution in [0.4, 0.5) is 17.2 Å². The van der Waals surface area contributed by atoms with Gasteiger partial charge in [0, 0.05) is 11.4 Å². The predicted octanol–water partition coefficient (Wildman–Crippen LogP) is 3.20. The molecule has 0 aliphatic heterocycles. The average molecular weight is 316 g/mol. The summed E-state index contributed by atoms with van der Waals surface area (Å²) in [5.41, 5.74) is 9.37. The molecule has 0 radical (unpaired) electrons. The maximum Gasteiger partial charge on any atom is 0.163 e. The molecule has 2 aromatic carbocycles. The summed E-state index contributed by atoms with van der Waals surface area (Å²) in [5.74, 6) is 0.713. The number of nitrogens with two attached hydrogens (primary N) is 1. The van der Waals surface area contributed by atoms with Crippen molar-refractivity contribution >= 4 is 28.2 Å². The summed E-state index contributed by atoms with van der Waals surface area (Å²) >= 11 is 0. The molecule has 0 fully saturated rings. The zero-order valence-corrected chi connectivity index (χ0v) is 12.9. The van der Waals surface area contributed by atoms with Crippen molar-refractivity contribution in [1.29, 1.82) is 0 Å². The molecule has 4 rings (SSSR count). The minimum Gasteiger partial charge on any atom is -0.399 e. The van der Waals surface area contributed by atoms with Crippen LogP contribution >= 0.6 is 0 Å². The summed E-state index contributed by atoms with van der Waals surface area (Å²) in [7, 11) is 0. The molecule has 6 heteroatoms. The smallest absolute Gasteiger partial charge is 0.163 e. The van der Waals surface area contributed by atoms with Crippen LogP contribution in [-0.4, -0.2) is 19.7 Å². The Morgan fingerprint density at radius 3 is 2.71 bits per heavy atom. The standard InChI is InChI=1S/C18H16N6/c19-14-7-4-8-15(9-14)23-17-16-10-22-24(18(16)21-12-20-17)11-13-5-2-1-3-6-13/h1-10,12H,11,19H2,(H,20,21,23). The van der Waals surface area contributed by atoms with Gasteiger partial charge in [-0.15, -0.1) is 0 Å². The van der Waals surface area contributed by atoms with Crippen LogP contribution in [0.3, 0.4) is 0 Å². The number of rotatable bonds is 4. The highest BCUT2D eigenvalue weighted by molar-refractivity contribution is 5.88. The van der Waals surface area contributed by atoms with Gasteiger partial charge in [-0.05, 0) is 23.8 Å². The van der Waals surface area contributed by atoms with Crippen molar-refractivity contribution in [3.63, 3.8) is 0 Å². The molecule has 0 unspecified atom stereocenters. The summed E-state index contributed by atoms with van der Waals surface area (Å²) in [6, 6.07) is 17.7. The number of fused-ring (bicyclic) bond motifs is 1. The fourth-order valence-electron chi connectivity index (χ4n) is 2.62. The number of benzene rings is 2. The molecule has 0 atom stereocenters. The Kier molecular flexibility index (Phi) is 3.55. The van der Waals surface area contributed by atoms with Gasteiger partial charge in [0.15, 0.2) is 5.65 Å². The summed E-state index contributed by atoms with van der Waals surface area (Å²) in [5, 5.41) is 8.61. The molecule has 0 amide bonds. The van der Waals surface area contributed by atoms with Gasteiger partial charge in [0.05, 0.1) is 18.1 Å². The molecule has 4 aromatic rings. The fourth-order valence-corrected chi connectivity index (χ4v) is 2.62. The highest BCUT2D eigenvalue weighted by atomic mass is 15.3. The normalized spacial score (nSPS) is 10.8. The summed E-state index contributed by atoms with van der Waals surface area (Å²) < 4.78 is 1.87. The molecule has 118 valence electrons. The van der Waals surface area contributed by atoms with E-state index in [2.05, 4.69) is 32.5 Å². The van der Waals surface area contributed by atoms with Crippen molar-refractivity contribution in [3.05, 3.63) is 72.7 Å². The van der Waals surface area contributed by atoms with Gasteiger partial charge < -0.3 is 11.1 Å². The number of nitrogens with one attached hydrogen (secondary N) is 1. The minimum atomic E-state index is 0.666. The zero-order chi connectivity index (χ0) is 16.4. The largest absolute Gasteiger partial charge is 0.399 e. The number of aromatic nitrogens is 4. The van der Waals surface area contributed by atoms with E-state index in [1.54, 1.807) is 12.5 Å². The Morgan fingerprint density at radius 1 is 1.00 bits per heavy atom. The molecule has 0 saturated heterocycles. The first kappa shape index (κ1) is 14.2. The van der Waals surface area contributed by atoms with Crippen molar-refractivity contribution in [1.82, 2.24) is 19.7 Å². The van der Waals surface area contributed by atoms with Gasteiger partial charge in [-0.1, -0.05) is 36.4 Å². The Labute approximate surface area is 139 Å². The van der Waals surface area contributed by atoms with Gasteiger partial charge in [-0.3, -0.25) is 0 Å². The molecular formula is C18H16N6. The van der Waals surface area contributed by atoms with Gasteiger partial charge in [0.25, 0.3) is 0 Å². The number of nitrogens with zero attached hydrogens (tertiary/aromatic N) is 4. The molecular weight excluding hydrogens is 300 g/mol. The third kappa shape index (κ3) is 2.77. The molecule has 0 spiro atoms. The lowest BCUT2D eigenvalue weighted by Crippen LogP contribution is -2.03. The van der Waals surface area contributed by atoms with E-state index in [9.17, 15) is 0 Å². The first-order valence-corrected chi connectivity index (χ1v) is 7.62. The molecule has 6 nitrogen and oxygen atoms in total. The van der Waals surface area contributed by atoms with Crippen LogP contribution in [0.25, 0.3) is 11.0 Å². The van der Waals surface area contributed by atoms with E-state index in [0.717, 1.165) is 16.7 Å². The monoisotopic (exact) mass is 316 g/mol. The van der Waals surface area contributed by atoms with Crippen LogP contribution < -0.4 is 11.1 Å². The number of hydrogen-bond donors (Lipinski definition) is 2. The molecule has 0 bridgehead atoms. The Bertz CT molecular complexity index is 977. The third-order valence-corrected chi connectivity index (χ3v) is 3.76. The van der Waals surface area contributed by atoms with Crippen LogP contribution in [0.15, 0.2) is 67.1 Å². The van der Waals surface area contributed by atoms with Gasteiger partial charge in [0.1, 0.15) is 12.1 Å². The van der Waals surface area contributed by atoms with Crippen molar-refractivity contribution in [3.8, 4) is 0 Å². The van der Waals surface area contributed by atoms with Crippen LogP contribution in [0, 0.1) is 0 Å². The van der Waals surface area contributed by atoms with Crippen LogP contribution in [0.2, 0.25) is 0 Å². The lowest BCUT2D eigenvalue weighted by molar-refractivity contribution is 0.704. The van der Waals surface area contributed by atoms with Gasteiger partial charge in [0.2, 0.25) is 0 Å². The zero-order valence-electron chi connectivity index (χ0n) is 12.9. The number of nitrogen functional groups attached to an aromatic ring is 1. The second-order valence-corrected chi connectivity index (χ2v) is 5.50. The lowest BCUT2D eigenvalue weighted by atomic mass is 10.2. The quantitative estimate of drug-likeness (QED) is 0.565. The highest BCUT2D eigenvalue weighted by Gasteiger charge is 2.10. The fraction of sp³-hybridized carbons (Fsp3) is 0.0556. The molecule has 2 heterocycles. The van der Waals surface area contributed by atoms with Gasteiger partial charge in [-0.2, -0.15) is 5.10 Å². The van der Waals surface area contributed by atoms with Crippen LogP contribution in [-0.2, 0) is 6.54 Å². The molecule has 3 N–H and O–H groups in total. The topological polar surface area (TPSA) is 81.7 Å². The van der Waals surface area contributed by atoms with Crippen molar-refractivity contribution in [2.24, 2.45) is 0 Å². The van der Waals surface area contributed by atoms with Crippen molar-refractivity contribution in [2.45, 2.75) is 6.54 Å². The van der Waals surface area contributed by atoms with Gasteiger partial charge >= 0.3 is 0 Å². The van der Waals surface area contributed by atoms with Crippen molar-refractivity contribution in [2.75, 3.05) is 11.1 Å². The summed E-state index contributed by atoms with van der Waals surface area (Å²) in [6.07, 6.45) is 3.33. The average Bonchev–Trinajstić information content (AvgIpc) is 3.00. The summed E-state index contributed by atoms with van der Waals surface area (Å²) in [4.78, 5) is 8.72. The first-order valence-electron chi connectivity index (χ1n) is 7.62. The molecule has 2 aromatic heterocycles. The van der Waals surface area contributed by atoms with E-state index < -0.39 is 0 Å². The molecule has 0 saturated carbocycles. The predicted molar refractivity (Wildman–Crippen MR) is 95.0 cm³/mol. The third-order valence-electron chi connectivity index (χ3n) is 3.76. The maximum atomic E-state index is 5.83. The first-order chi connectivity index (χ1) is 11.8. The molecule has 0 aliphatic carbocycles. The van der Waals surface area contributed by atoms with E-state index in [4.69, 9.17) is 5.73 Å². The van der Waals surface area contributed by atoms with Crippen molar-refractivity contribution < 1.29 is 0 Å². The SMILES string of the molecule is Nc1cccc(Nc2ncnc3c2cnn3Cc2ccccc2)c1. The number of anilines is 3. The van der Waals surface area contributed by atoms with E-state index in [1.165, 1.54) is 5.56 Å². The molecule has 24 heavy (non-hydrogen) atoms. The molecule has 0 aliphatic rings. The Hall–Kier alpha value is -3.41. The Morgan fingerprint density at radius 2 is 1.88 bits per heavy atom. The minimum absolute atomic E-state index is 0.666. The number of hydrogen-bond acceptors (Lipinski definition) is 5.